The number of carbonyl (C=O) groups excluding carboxylic acids is 1. The van der Waals surface area contributed by atoms with Crippen LogP contribution in [-0.4, -0.2) is 33.6 Å². The number of methoxy groups -OCH3 is 3. The van der Waals surface area contributed by atoms with Crippen LogP contribution < -0.4 is 24.4 Å². The van der Waals surface area contributed by atoms with Crippen LogP contribution in [0.4, 0.5) is 4.39 Å². The highest BCUT2D eigenvalue weighted by atomic mass is 32.2. The summed E-state index contributed by atoms with van der Waals surface area (Å²) in [5, 5.41) is 0. The van der Waals surface area contributed by atoms with Crippen LogP contribution in [0.3, 0.4) is 0 Å². The summed E-state index contributed by atoms with van der Waals surface area (Å²) in [5.74, 6) is 0.209. The Kier molecular flexibility index (Phi) is 7.31. The molecule has 6 nitrogen and oxygen atoms in total. The fourth-order valence-corrected chi connectivity index (χ4v) is 4.95. The molecule has 8 heteroatoms. The first-order valence-electron chi connectivity index (χ1n) is 10.9. The lowest BCUT2D eigenvalue weighted by atomic mass is 9.77. The molecule has 1 unspecified atom stereocenters. The number of carbonyl (C=O) groups is 1. The molecule has 0 fully saturated rings. The van der Waals surface area contributed by atoms with E-state index in [1.54, 1.807) is 26.4 Å². The van der Waals surface area contributed by atoms with E-state index in [4.69, 9.17) is 18.9 Å². The van der Waals surface area contributed by atoms with Crippen LogP contribution in [0.15, 0.2) is 58.2 Å². The molecule has 0 spiro atoms. The molecule has 0 bridgehead atoms. The number of halogens is 1. The van der Waals surface area contributed by atoms with Crippen molar-refractivity contribution in [3.05, 3.63) is 75.7 Å². The van der Waals surface area contributed by atoms with Gasteiger partial charge in [-0.3, -0.25) is 9.59 Å². The maximum absolute atomic E-state index is 13.5. The third kappa shape index (κ3) is 4.84. The Morgan fingerprint density at radius 1 is 1.03 bits per heavy atom. The highest BCUT2D eigenvalue weighted by Crippen LogP contribution is 2.52. The Morgan fingerprint density at radius 2 is 1.80 bits per heavy atom. The topological polar surface area (TPSA) is 71.1 Å². The van der Waals surface area contributed by atoms with E-state index in [0.29, 0.717) is 34.1 Å². The van der Waals surface area contributed by atoms with Crippen molar-refractivity contribution in [2.75, 3.05) is 27.6 Å². The van der Waals surface area contributed by atoms with Crippen LogP contribution in [0.25, 0.3) is 11.1 Å². The summed E-state index contributed by atoms with van der Waals surface area (Å²) in [5.41, 5.74) is 3.03. The lowest BCUT2D eigenvalue weighted by Gasteiger charge is -2.29. The van der Waals surface area contributed by atoms with Gasteiger partial charge in [0.25, 0.3) is 0 Å². The van der Waals surface area contributed by atoms with Crippen LogP contribution in [0.5, 0.6) is 23.0 Å². The van der Waals surface area contributed by atoms with E-state index >= 15 is 0 Å². The first-order chi connectivity index (χ1) is 16.9. The predicted octanol–water partition coefficient (Wildman–Crippen LogP) is 5.24. The molecule has 1 aliphatic rings. The van der Waals surface area contributed by atoms with Crippen molar-refractivity contribution in [2.45, 2.75) is 23.7 Å². The number of thioether (sulfide) groups is 1. The summed E-state index contributed by atoms with van der Waals surface area (Å²) >= 11 is 1.36. The molecule has 0 N–H and O–H groups in total. The number of rotatable bonds is 7. The minimum Gasteiger partial charge on any atom is -0.493 e. The normalized spacial score (nSPS) is 13.9. The van der Waals surface area contributed by atoms with Crippen LogP contribution >= 0.6 is 11.8 Å². The van der Waals surface area contributed by atoms with Gasteiger partial charge in [-0.05, 0) is 65.6 Å². The fraction of sp³-hybridized carbons (Fsp3) is 0.259. The van der Waals surface area contributed by atoms with Crippen LogP contribution in [0, 0.1) is 5.82 Å². The van der Waals surface area contributed by atoms with Crippen molar-refractivity contribution in [3.8, 4) is 34.1 Å². The first kappa shape index (κ1) is 24.6. The second-order valence-corrected chi connectivity index (χ2v) is 8.84. The van der Waals surface area contributed by atoms with Gasteiger partial charge in [-0.15, -0.1) is 11.8 Å². The Bertz CT molecular complexity index is 1340. The highest BCUT2D eigenvalue weighted by molar-refractivity contribution is 7.98. The molecule has 1 atom stereocenters. The van der Waals surface area contributed by atoms with E-state index in [-0.39, 0.29) is 23.5 Å². The number of fused-ring (bicyclic) bond motifs is 3. The standard InChI is InChI=1S/C27H25FO6S/c1-31-22-11-16-10-15(12-24(30)34-18-7-5-6-17(28)13-18)20-14-21(29)23(35-4)9-8-19(20)25(16)27(33-3)26(22)32-2/h5-9,11,13-15H,10,12H2,1-4H3. The van der Waals surface area contributed by atoms with Crippen LogP contribution in [-0.2, 0) is 11.2 Å². The van der Waals surface area contributed by atoms with Gasteiger partial charge in [-0.1, -0.05) is 12.1 Å². The van der Waals surface area contributed by atoms with Gasteiger partial charge in [0.05, 0.1) is 32.6 Å². The Labute approximate surface area is 207 Å². The molecule has 0 aromatic heterocycles. The van der Waals surface area contributed by atoms with Gasteiger partial charge >= 0.3 is 5.97 Å². The summed E-state index contributed by atoms with van der Waals surface area (Å²) < 4.78 is 35.8. The Balaban J connectivity index is 1.84. The molecule has 0 saturated carbocycles. The summed E-state index contributed by atoms with van der Waals surface area (Å²) in [4.78, 5) is 26.4. The minimum atomic E-state index is -0.522. The van der Waals surface area contributed by atoms with Gasteiger partial charge in [0.1, 0.15) is 11.6 Å². The third-order valence-corrected chi connectivity index (χ3v) is 6.77. The smallest absolute Gasteiger partial charge is 0.311 e. The van der Waals surface area contributed by atoms with E-state index < -0.39 is 11.8 Å². The summed E-state index contributed by atoms with van der Waals surface area (Å²) in [6.45, 7) is 0. The number of hydrogen-bond acceptors (Lipinski definition) is 7. The minimum absolute atomic E-state index is 0.00231. The van der Waals surface area contributed by atoms with Gasteiger partial charge in [-0.25, -0.2) is 4.39 Å². The van der Waals surface area contributed by atoms with E-state index in [9.17, 15) is 14.0 Å². The van der Waals surface area contributed by atoms with Crippen molar-refractivity contribution in [3.63, 3.8) is 0 Å². The zero-order valence-corrected chi connectivity index (χ0v) is 20.7. The molecule has 0 saturated heterocycles. The van der Waals surface area contributed by atoms with Crippen molar-refractivity contribution < 1.29 is 28.1 Å². The molecule has 35 heavy (non-hydrogen) atoms. The Morgan fingerprint density at radius 3 is 2.46 bits per heavy atom. The maximum atomic E-state index is 13.5. The Hall–Kier alpha value is -3.52. The van der Waals surface area contributed by atoms with Gasteiger partial charge in [0, 0.05) is 11.6 Å². The second-order valence-electron chi connectivity index (χ2n) is 8.00. The van der Waals surface area contributed by atoms with E-state index in [2.05, 4.69) is 0 Å². The summed E-state index contributed by atoms with van der Waals surface area (Å²) in [6.07, 6.45) is 2.28. The number of esters is 1. The summed E-state index contributed by atoms with van der Waals surface area (Å²) in [6, 6.07) is 12.5. The number of ether oxygens (including phenoxy) is 4. The van der Waals surface area contributed by atoms with Gasteiger partial charge in [0.2, 0.25) is 5.75 Å². The third-order valence-electron chi connectivity index (χ3n) is 5.99. The molecule has 182 valence electrons. The number of hydrogen-bond donors (Lipinski definition) is 0. The molecule has 0 aliphatic heterocycles. The molecular formula is C27H25FO6S. The van der Waals surface area contributed by atoms with Crippen molar-refractivity contribution in [2.24, 2.45) is 0 Å². The monoisotopic (exact) mass is 496 g/mol. The maximum Gasteiger partial charge on any atom is 0.311 e. The molecule has 1 aliphatic carbocycles. The van der Waals surface area contributed by atoms with Crippen molar-refractivity contribution in [1.82, 2.24) is 0 Å². The van der Waals surface area contributed by atoms with Gasteiger partial charge < -0.3 is 18.9 Å². The van der Waals surface area contributed by atoms with Crippen molar-refractivity contribution >= 4 is 17.7 Å². The summed E-state index contributed by atoms with van der Waals surface area (Å²) in [7, 11) is 4.63. The molecular weight excluding hydrogens is 471 g/mol. The van der Waals surface area contributed by atoms with Crippen molar-refractivity contribution in [1.29, 1.82) is 0 Å². The van der Waals surface area contributed by atoms with Gasteiger partial charge in [-0.2, -0.15) is 0 Å². The molecule has 3 aromatic carbocycles. The average molecular weight is 497 g/mol. The number of benzene rings is 2. The highest BCUT2D eigenvalue weighted by Gasteiger charge is 2.32. The van der Waals surface area contributed by atoms with E-state index in [1.165, 1.54) is 37.1 Å². The predicted molar refractivity (Wildman–Crippen MR) is 133 cm³/mol. The first-order valence-corrected chi connectivity index (χ1v) is 12.1. The molecule has 4 rings (SSSR count). The molecule has 0 radical (unpaired) electrons. The molecule has 0 amide bonds. The van der Waals surface area contributed by atoms with E-state index in [0.717, 1.165) is 22.8 Å². The molecule has 0 heterocycles. The quantitative estimate of drug-likeness (QED) is 0.252. The second kappa shape index (κ2) is 10.4. The van der Waals surface area contributed by atoms with Gasteiger partial charge in [0.15, 0.2) is 16.9 Å². The van der Waals surface area contributed by atoms with Crippen LogP contribution in [0.1, 0.15) is 23.5 Å². The van der Waals surface area contributed by atoms with Crippen LogP contribution in [0.2, 0.25) is 0 Å². The lowest BCUT2D eigenvalue weighted by Crippen LogP contribution is -2.19. The average Bonchev–Trinajstić information content (AvgIpc) is 3.01. The zero-order valence-electron chi connectivity index (χ0n) is 19.8. The zero-order chi connectivity index (χ0) is 25.1. The SMILES string of the molecule is COc1cc2c(c(OC)c1OC)-c1ccc(SC)c(=O)cc1C(CC(=O)Oc1cccc(F)c1)C2. The fourth-order valence-electron chi connectivity index (χ4n) is 4.49. The largest absolute Gasteiger partial charge is 0.493 e. The van der Waals surface area contributed by atoms with E-state index in [1.807, 2.05) is 18.4 Å². The molecule has 3 aromatic rings. The lowest BCUT2D eigenvalue weighted by molar-refractivity contribution is -0.134.